The second-order valence-corrected chi connectivity index (χ2v) is 7.94. The molecule has 1 N–H and O–H groups in total. The van der Waals surface area contributed by atoms with Crippen LogP contribution in [0.25, 0.3) is 11.3 Å². The number of benzene rings is 1. The Morgan fingerprint density at radius 3 is 3.00 bits per heavy atom. The fraction of sp³-hybridized carbons (Fsp3) is 0.429. The van der Waals surface area contributed by atoms with Gasteiger partial charge in [0.2, 0.25) is 0 Å². The van der Waals surface area contributed by atoms with E-state index in [2.05, 4.69) is 30.2 Å². The van der Waals surface area contributed by atoms with E-state index in [1.807, 2.05) is 18.2 Å². The molecule has 0 amide bonds. The Balaban J connectivity index is 1.65. The number of likely N-dealkylation sites (N-methyl/N-ethyl adjacent to an activating group) is 1. The summed E-state index contributed by atoms with van der Waals surface area (Å²) in [5.74, 6) is 2.18. The van der Waals surface area contributed by atoms with Crippen LogP contribution >= 0.6 is 0 Å². The molecule has 0 unspecified atom stereocenters. The highest BCUT2D eigenvalue weighted by Crippen LogP contribution is 2.62. The van der Waals surface area contributed by atoms with Crippen molar-refractivity contribution in [1.82, 2.24) is 4.90 Å². The minimum Gasteiger partial charge on any atom is -0.485 e. The quantitative estimate of drug-likeness (QED) is 0.814. The van der Waals surface area contributed by atoms with E-state index in [9.17, 15) is 5.11 Å². The maximum Gasteiger partial charge on any atom is 0.139 e. The molecule has 0 radical (unpaired) electrons. The van der Waals surface area contributed by atoms with Crippen LogP contribution in [-0.2, 0) is 11.8 Å². The molecule has 1 fully saturated rings. The van der Waals surface area contributed by atoms with Gasteiger partial charge in [0.25, 0.3) is 0 Å². The molecule has 3 heterocycles. The number of hydrogen-bond acceptors (Lipinski definition) is 4. The van der Waals surface area contributed by atoms with Crippen LogP contribution in [0.1, 0.15) is 17.5 Å². The topological polar surface area (TPSA) is 45.8 Å². The number of piperidine rings is 1. The summed E-state index contributed by atoms with van der Waals surface area (Å²) in [6.07, 6.45) is 7.23. The van der Waals surface area contributed by atoms with Crippen LogP contribution in [0.5, 0.6) is 5.75 Å². The molecule has 1 aromatic carbocycles. The molecule has 1 aromatic heterocycles. The highest BCUT2D eigenvalue weighted by Gasteiger charge is 2.64. The number of rotatable bonds is 1. The van der Waals surface area contributed by atoms with Crippen molar-refractivity contribution in [2.45, 2.75) is 36.5 Å². The van der Waals surface area contributed by atoms with Crippen LogP contribution in [0.15, 0.2) is 47.1 Å². The summed E-state index contributed by atoms with van der Waals surface area (Å²) in [5.41, 5.74) is 3.62. The summed E-state index contributed by atoms with van der Waals surface area (Å²) < 4.78 is 12.2. The highest BCUT2D eigenvalue weighted by molar-refractivity contribution is 5.73. The first-order chi connectivity index (χ1) is 12.2. The molecule has 0 saturated carbocycles. The summed E-state index contributed by atoms with van der Waals surface area (Å²) in [4.78, 5) is 2.48. The third-order valence-electron chi connectivity index (χ3n) is 6.96. The van der Waals surface area contributed by atoms with Gasteiger partial charge in [0.15, 0.2) is 0 Å². The third kappa shape index (κ3) is 1.56. The predicted molar refractivity (Wildman–Crippen MR) is 93.6 cm³/mol. The van der Waals surface area contributed by atoms with Gasteiger partial charge < -0.3 is 19.2 Å². The van der Waals surface area contributed by atoms with Gasteiger partial charge >= 0.3 is 0 Å². The Morgan fingerprint density at radius 2 is 2.16 bits per heavy atom. The zero-order valence-corrected chi connectivity index (χ0v) is 14.2. The van der Waals surface area contributed by atoms with Crippen LogP contribution in [0.3, 0.4) is 0 Å². The van der Waals surface area contributed by atoms with Gasteiger partial charge in [0.1, 0.15) is 23.7 Å². The van der Waals surface area contributed by atoms with Crippen molar-refractivity contribution in [2.24, 2.45) is 5.92 Å². The lowest BCUT2D eigenvalue weighted by Crippen LogP contribution is -2.64. The molecule has 4 heteroatoms. The van der Waals surface area contributed by atoms with Crippen molar-refractivity contribution in [3.05, 3.63) is 53.8 Å². The van der Waals surface area contributed by atoms with Crippen LogP contribution in [0, 0.1) is 5.92 Å². The Hall–Kier alpha value is -2.04. The molecule has 2 aliphatic heterocycles. The van der Waals surface area contributed by atoms with Crippen molar-refractivity contribution in [3.63, 3.8) is 0 Å². The highest BCUT2D eigenvalue weighted by atomic mass is 16.5. The normalized spacial score (nSPS) is 37.7. The molecule has 6 rings (SSSR count). The molecule has 4 nitrogen and oxygen atoms in total. The third-order valence-corrected chi connectivity index (χ3v) is 6.96. The molecule has 1 saturated heterocycles. The van der Waals surface area contributed by atoms with Gasteiger partial charge in [0.05, 0.1) is 11.8 Å². The molecule has 128 valence electrons. The molecule has 2 aromatic rings. The lowest BCUT2D eigenvalue weighted by molar-refractivity contribution is -0.0449. The van der Waals surface area contributed by atoms with Gasteiger partial charge in [-0.3, -0.25) is 0 Å². The minimum absolute atomic E-state index is 0.100. The standard InChI is InChI=1S/C21H21NO3/c1-22-9-8-21-14-6-7-16(23)20(21)25-19-13(17-3-2-10-24-17)5-4-12(18(19)21)11-15(14)22/h2-7,10,14-16,20,23H,8-9,11H2,1H3/t14-,15+,16-,20-,21-/m0/s1. The van der Waals surface area contributed by atoms with E-state index in [1.54, 1.807) is 6.26 Å². The first kappa shape index (κ1) is 14.2. The van der Waals surface area contributed by atoms with Crippen LogP contribution in [0.4, 0.5) is 0 Å². The van der Waals surface area contributed by atoms with Crippen molar-refractivity contribution in [2.75, 3.05) is 13.6 Å². The average Bonchev–Trinajstić information content (AvgIpc) is 3.25. The fourth-order valence-electron chi connectivity index (χ4n) is 5.88. The number of hydrogen-bond donors (Lipinski definition) is 1. The van der Waals surface area contributed by atoms with E-state index < -0.39 is 6.10 Å². The van der Waals surface area contributed by atoms with E-state index >= 15 is 0 Å². The second kappa shape index (κ2) is 4.57. The average molecular weight is 335 g/mol. The van der Waals surface area contributed by atoms with Crippen LogP contribution < -0.4 is 4.74 Å². The SMILES string of the molecule is CN1CC[C@]23c4c5ccc(-c6ccco6)c4O[C@H]2[C@@H](O)C=C[C@H]3[C@H]1C5. The Kier molecular flexibility index (Phi) is 2.59. The van der Waals surface area contributed by atoms with Crippen LogP contribution in [0.2, 0.25) is 0 Å². The first-order valence-electron chi connectivity index (χ1n) is 9.13. The van der Waals surface area contributed by atoms with Gasteiger partial charge in [-0.05, 0) is 50.2 Å². The second-order valence-electron chi connectivity index (χ2n) is 7.94. The molecule has 1 spiro atoms. The Morgan fingerprint density at radius 1 is 1.24 bits per heavy atom. The van der Waals surface area contributed by atoms with Crippen molar-refractivity contribution in [3.8, 4) is 17.1 Å². The van der Waals surface area contributed by atoms with Crippen molar-refractivity contribution in [1.29, 1.82) is 0 Å². The number of aliphatic hydroxyl groups excluding tert-OH is 1. The number of ether oxygens (including phenoxy) is 1. The smallest absolute Gasteiger partial charge is 0.139 e. The fourth-order valence-corrected chi connectivity index (χ4v) is 5.88. The molecule has 2 aliphatic carbocycles. The Bertz CT molecular complexity index is 887. The zero-order chi connectivity index (χ0) is 16.8. The maximum atomic E-state index is 10.7. The molecule has 5 atom stereocenters. The summed E-state index contributed by atoms with van der Waals surface area (Å²) in [5, 5.41) is 10.7. The molecule has 4 aliphatic rings. The lowest BCUT2D eigenvalue weighted by atomic mass is 9.53. The van der Waals surface area contributed by atoms with Gasteiger partial charge in [-0.1, -0.05) is 18.2 Å². The number of nitrogens with zero attached hydrogens (tertiary/aromatic N) is 1. The van der Waals surface area contributed by atoms with Gasteiger partial charge in [-0.15, -0.1) is 0 Å². The zero-order valence-electron chi connectivity index (χ0n) is 14.2. The van der Waals surface area contributed by atoms with E-state index in [1.165, 1.54) is 11.1 Å². The lowest BCUT2D eigenvalue weighted by Gasteiger charge is -2.56. The molecular weight excluding hydrogens is 314 g/mol. The minimum atomic E-state index is -0.553. The van der Waals surface area contributed by atoms with E-state index in [0.717, 1.165) is 36.5 Å². The number of aliphatic hydroxyl groups is 1. The summed E-state index contributed by atoms with van der Waals surface area (Å²) >= 11 is 0. The first-order valence-corrected chi connectivity index (χ1v) is 9.13. The van der Waals surface area contributed by atoms with E-state index in [4.69, 9.17) is 9.15 Å². The molecule has 25 heavy (non-hydrogen) atoms. The van der Waals surface area contributed by atoms with E-state index in [-0.39, 0.29) is 11.5 Å². The van der Waals surface area contributed by atoms with E-state index in [0.29, 0.717) is 12.0 Å². The summed E-state index contributed by atoms with van der Waals surface area (Å²) in [6.45, 7) is 1.05. The Labute approximate surface area is 146 Å². The maximum absolute atomic E-state index is 10.7. The monoisotopic (exact) mass is 335 g/mol. The molecular formula is C21H21NO3. The van der Waals surface area contributed by atoms with Gasteiger partial charge in [0, 0.05) is 22.9 Å². The van der Waals surface area contributed by atoms with Gasteiger partial charge in [-0.2, -0.15) is 0 Å². The summed E-state index contributed by atoms with van der Waals surface area (Å²) in [6, 6.07) is 8.74. The number of furan rings is 1. The van der Waals surface area contributed by atoms with Gasteiger partial charge in [-0.25, -0.2) is 0 Å². The van der Waals surface area contributed by atoms with Crippen LogP contribution in [-0.4, -0.2) is 41.8 Å². The molecule has 2 bridgehead atoms. The predicted octanol–water partition coefficient (Wildman–Crippen LogP) is 2.75. The van der Waals surface area contributed by atoms with Crippen molar-refractivity contribution < 1.29 is 14.3 Å². The largest absolute Gasteiger partial charge is 0.485 e. The van der Waals surface area contributed by atoms with Crippen molar-refractivity contribution >= 4 is 0 Å². The number of likely N-dealkylation sites (tertiary alicyclic amines) is 1. The summed E-state index contributed by atoms with van der Waals surface area (Å²) in [7, 11) is 2.23.